The van der Waals surface area contributed by atoms with E-state index in [4.69, 9.17) is 4.74 Å². The molecule has 0 radical (unpaired) electrons. The highest BCUT2D eigenvalue weighted by molar-refractivity contribution is 7.10. The summed E-state index contributed by atoms with van der Waals surface area (Å²) in [5.41, 5.74) is 5.03. The molecule has 0 aliphatic carbocycles. The number of ether oxygens (including phenoxy) is 1. The number of aliphatic imine (C=N–C) groups is 1. The average Bonchev–Trinajstić information content (AvgIpc) is 3.30. The van der Waals surface area contributed by atoms with Crippen LogP contribution in [0.15, 0.2) is 58.3 Å². The highest BCUT2D eigenvalue weighted by atomic mass is 32.1. The van der Waals surface area contributed by atoms with E-state index in [0.29, 0.717) is 23.8 Å². The number of aromatic nitrogens is 1. The summed E-state index contributed by atoms with van der Waals surface area (Å²) in [5, 5.41) is 13.7. The average molecular weight is 477 g/mol. The molecule has 2 aliphatic heterocycles. The predicted octanol–water partition coefficient (Wildman–Crippen LogP) is 3.74. The van der Waals surface area contributed by atoms with E-state index in [1.165, 1.54) is 0 Å². The van der Waals surface area contributed by atoms with Crippen LogP contribution in [0.1, 0.15) is 17.4 Å². The SMILES string of the molecule is CC1=Nc2ccccc2/C1=C\c1sc(=O)n(CC(=O)Nc2ccccc2N2CCOCC2)c1O. The number of allylic oxidation sites excluding steroid dienone is 1. The van der Waals surface area contributed by atoms with Crippen molar-refractivity contribution in [1.29, 1.82) is 0 Å². The van der Waals surface area contributed by atoms with E-state index in [0.717, 1.165) is 57.2 Å². The Morgan fingerprint density at radius 1 is 1.18 bits per heavy atom. The van der Waals surface area contributed by atoms with Crippen LogP contribution in [0.25, 0.3) is 11.6 Å². The fourth-order valence-corrected chi connectivity index (χ4v) is 5.02. The Labute approximate surface area is 200 Å². The van der Waals surface area contributed by atoms with Crippen LogP contribution in [0.2, 0.25) is 0 Å². The first-order chi connectivity index (χ1) is 16.5. The maximum atomic E-state index is 12.8. The fraction of sp³-hybridized carbons (Fsp3) is 0.240. The summed E-state index contributed by atoms with van der Waals surface area (Å²) in [7, 11) is 0. The van der Waals surface area contributed by atoms with Gasteiger partial charge in [-0.3, -0.25) is 19.1 Å². The second-order valence-corrected chi connectivity index (χ2v) is 9.07. The topological polar surface area (TPSA) is 96.2 Å². The molecule has 8 nitrogen and oxygen atoms in total. The van der Waals surface area contributed by atoms with Crippen LogP contribution in [0.5, 0.6) is 5.88 Å². The Morgan fingerprint density at radius 2 is 1.91 bits per heavy atom. The molecule has 2 aromatic carbocycles. The molecule has 0 atom stereocenters. The number of anilines is 2. The first kappa shape index (κ1) is 22.1. The molecule has 0 unspecified atom stereocenters. The lowest BCUT2D eigenvalue weighted by Crippen LogP contribution is -2.37. The number of thiazole rings is 1. The lowest BCUT2D eigenvalue weighted by Gasteiger charge is -2.30. The lowest BCUT2D eigenvalue weighted by atomic mass is 10.0. The summed E-state index contributed by atoms with van der Waals surface area (Å²) < 4.78 is 6.51. The number of nitrogens with one attached hydrogen (secondary N) is 1. The number of hydrogen-bond donors (Lipinski definition) is 2. The minimum absolute atomic E-state index is 0.226. The predicted molar refractivity (Wildman–Crippen MR) is 135 cm³/mol. The number of amides is 1. The number of nitrogens with zero attached hydrogens (tertiary/aromatic N) is 3. The number of hydrogen-bond acceptors (Lipinski definition) is 7. The van der Waals surface area contributed by atoms with E-state index in [-0.39, 0.29) is 18.3 Å². The van der Waals surface area contributed by atoms with E-state index in [2.05, 4.69) is 15.2 Å². The van der Waals surface area contributed by atoms with Crippen molar-refractivity contribution in [2.75, 3.05) is 36.5 Å². The quantitative estimate of drug-likeness (QED) is 0.585. The van der Waals surface area contributed by atoms with Crippen molar-refractivity contribution in [1.82, 2.24) is 4.57 Å². The molecule has 174 valence electrons. The van der Waals surface area contributed by atoms with Crippen LogP contribution in [0.3, 0.4) is 0 Å². The Bertz CT molecular complexity index is 1370. The van der Waals surface area contributed by atoms with E-state index in [9.17, 15) is 14.7 Å². The van der Waals surface area contributed by atoms with Crippen molar-refractivity contribution in [2.45, 2.75) is 13.5 Å². The molecule has 1 amide bonds. The summed E-state index contributed by atoms with van der Waals surface area (Å²) in [4.78, 5) is 32.1. The number of carbonyl (C=O) groups excluding carboxylic acids is 1. The van der Waals surface area contributed by atoms with Gasteiger partial charge in [-0.15, -0.1) is 0 Å². The Hall–Kier alpha value is -3.69. The Morgan fingerprint density at radius 3 is 2.74 bits per heavy atom. The normalized spacial score (nSPS) is 16.4. The molecule has 1 fully saturated rings. The minimum atomic E-state index is -0.401. The summed E-state index contributed by atoms with van der Waals surface area (Å²) in [6.07, 6.45) is 1.76. The number of morpholine rings is 1. The smallest absolute Gasteiger partial charge is 0.311 e. The van der Waals surface area contributed by atoms with Crippen molar-refractivity contribution in [3.05, 3.63) is 68.6 Å². The van der Waals surface area contributed by atoms with Gasteiger partial charge < -0.3 is 20.1 Å². The van der Waals surface area contributed by atoms with Crippen LogP contribution >= 0.6 is 11.3 Å². The molecular formula is C25H24N4O4S. The van der Waals surface area contributed by atoms with Gasteiger partial charge in [0.1, 0.15) is 6.54 Å². The van der Waals surface area contributed by atoms with Gasteiger partial charge in [-0.1, -0.05) is 41.7 Å². The molecule has 0 spiro atoms. The highest BCUT2D eigenvalue weighted by Crippen LogP contribution is 2.37. The van der Waals surface area contributed by atoms with Gasteiger partial charge in [0.05, 0.1) is 35.2 Å². The number of aromatic hydroxyl groups is 1. The molecule has 1 aromatic heterocycles. The van der Waals surface area contributed by atoms with Gasteiger partial charge in [0.15, 0.2) is 0 Å². The van der Waals surface area contributed by atoms with E-state index in [1.54, 1.807) is 6.08 Å². The minimum Gasteiger partial charge on any atom is -0.493 e. The number of fused-ring (bicyclic) bond motifs is 1. The Balaban J connectivity index is 1.37. The molecule has 3 aromatic rings. The molecule has 34 heavy (non-hydrogen) atoms. The summed E-state index contributed by atoms with van der Waals surface area (Å²) in [6, 6.07) is 15.3. The molecule has 5 rings (SSSR count). The van der Waals surface area contributed by atoms with Crippen molar-refractivity contribution in [2.24, 2.45) is 4.99 Å². The zero-order valence-corrected chi connectivity index (χ0v) is 19.5. The highest BCUT2D eigenvalue weighted by Gasteiger charge is 2.21. The summed E-state index contributed by atoms with van der Waals surface area (Å²) in [6.45, 7) is 4.34. The van der Waals surface area contributed by atoms with E-state index < -0.39 is 4.87 Å². The maximum Gasteiger partial charge on any atom is 0.311 e. The van der Waals surface area contributed by atoms with Crippen LogP contribution in [-0.2, 0) is 16.1 Å². The zero-order chi connectivity index (χ0) is 23.7. The second kappa shape index (κ2) is 9.28. The van der Waals surface area contributed by atoms with Gasteiger partial charge in [-0.05, 0) is 31.2 Å². The van der Waals surface area contributed by atoms with Gasteiger partial charge in [0.25, 0.3) is 0 Å². The number of para-hydroxylation sites is 3. The third kappa shape index (κ3) is 4.27. The molecule has 2 N–H and O–H groups in total. The van der Waals surface area contributed by atoms with Crippen molar-refractivity contribution in [3.8, 4) is 5.88 Å². The second-order valence-electron chi connectivity index (χ2n) is 8.08. The van der Waals surface area contributed by atoms with Crippen molar-refractivity contribution in [3.63, 3.8) is 0 Å². The first-order valence-corrected chi connectivity index (χ1v) is 11.8. The van der Waals surface area contributed by atoms with Crippen LogP contribution in [0.4, 0.5) is 17.1 Å². The molecular weight excluding hydrogens is 452 g/mol. The zero-order valence-electron chi connectivity index (χ0n) is 18.7. The number of rotatable bonds is 5. The van der Waals surface area contributed by atoms with Crippen molar-refractivity contribution < 1.29 is 14.6 Å². The van der Waals surface area contributed by atoms with Crippen molar-refractivity contribution >= 4 is 51.7 Å². The standard InChI is InChI=1S/C25H24N4O4S/c1-16-18(17-6-2-3-7-19(17)26-16)14-22-24(31)29(25(32)34-22)15-23(30)27-20-8-4-5-9-21(20)28-10-12-33-13-11-28/h2-9,14,31H,10-13,15H2,1H3,(H,27,30)/b18-14-. The molecule has 2 aliphatic rings. The molecule has 9 heteroatoms. The lowest BCUT2D eigenvalue weighted by molar-refractivity contribution is -0.116. The molecule has 0 bridgehead atoms. The monoisotopic (exact) mass is 476 g/mol. The van der Waals surface area contributed by atoms with Crippen LogP contribution in [-0.4, -0.2) is 47.6 Å². The van der Waals surface area contributed by atoms with E-state index in [1.807, 2.05) is 55.5 Å². The molecule has 0 saturated carbocycles. The number of carbonyl (C=O) groups is 1. The summed E-state index contributed by atoms with van der Waals surface area (Å²) in [5.74, 6) is -0.615. The van der Waals surface area contributed by atoms with Crippen LogP contribution < -0.4 is 15.1 Å². The number of benzene rings is 2. The van der Waals surface area contributed by atoms with Gasteiger partial charge in [-0.25, -0.2) is 0 Å². The third-order valence-electron chi connectivity index (χ3n) is 5.87. The van der Waals surface area contributed by atoms with Gasteiger partial charge in [0.2, 0.25) is 11.8 Å². The first-order valence-electron chi connectivity index (χ1n) is 11.0. The van der Waals surface area contributed by atoms with Gasteiger partial charge >= 0.3 is 4.87 Å². The van der Waals surface area contributed by atoms with Gasteiger partial charge in [-0.2, -0.15) is 0 Å². The van der Waals surface area contributed by atoms with Gasteiger partial charge in [0, 0.05) is 29.9 Å². The van der Waals surface area contributed by atoms with E-state index >= 15 is 0 Å². The largest absolute Gasteiger partial charge is 0.493 e. The molecule has 1 saturated heterocycles. The maximum absolute atomic E-state index is 12.8. The fourth-order valence-electron chi connectivity index (χ4n) is 4.19. The molecule has 3 heterocycles. The Kier molecular flexibility index (Phi) is 6.04. The third-order valence-corrected chi connectivity index (χ3v) is 6.79. The summed E-state index contributed by atoms with van der Waals surface area (Å²) >= 11 is 0.903. The van der Waals surface area contributed by atoms with Crippen LogP contribution in [0, 0.1) is 0 Å².